The molecule has 2 unspecified atom stereocenters. The van der Waals surface area contributed by atoms with Gasteiger partial charge in [0.15, 0.2) is 0 Å². The first-order valence-electron chi connectivity index (χ1n) is 6.74. The quantitative estimate of drug-likeness (QED) is 0.657. The molecule has 3 rings (SSSR count). The number of nitrogens with zero attached hydrogens (tertiary/aromatic N) is 2. The number of rotatable bonds is 0. The van der Waals surface area contributed by atoms with Gasteiger partial charge in [0.05, 0.1) is 12.3 Å². The van der Waals surface area contributed by atoms with E-state index in [0.29, 0.717) is 6.17 Å². The summed E-state index contributed by atoms with van der Waals surface area (Å²) in [5.74, 6) is 0. The number of piperidine rings is 1. The van der Waals surface area contributed by atoms with Gasteiger partial charge in [-0.3, -0.25) is 4.90 Å². The topological polar surface area (TPSA) is 18.5 Å². The van der Waals surface area contributed by atoms with Crippen LogP contribution >= 0.6 is 0 Å². The highest BCUT2D eigenvalue weighted by atomic mass is 15.7. The molecule has 3 aliphatic heterocycles. The van der Waals surface area contributed by atoms with E-state index in [9.17, 15) is 0 Å². The van der Waals surface area contributed by atoms with Crippen molar-refractivity contribution in [1.29, 1.82) is 0 Å². The van der Waals surface area contributed by atoms with Crippen LogP contribution in [0.25, 0.3) is 0 Å². The van der Waals surface area contributed by atoms with E-state index in [1.54, 1.807) is 0 Å². The van der Waals surface area contributed by atoms with E-state index in [2.05, 4.69) is 15.3 Å². The third kappa shape index (κ3) is 1.93. The van der Waals surface area contributed by atoms with E-state index >= 15 is 0 Å². The van der Waals surface area contributed by atoms with Gasteiger partial charge in [-0.25, -0.2) is 10.4 Å². The second-order valence-electron chi connectivity index (χ2n) is 5.26. The normalized spacial score (nSPS) is 39.2. The summed E-state index contributed by atoms with van der Waals surface area (Å²) in [6.07, 6.45) is 12.6. The summed E-state index contributed by atoms with van der Waals surface area (Å²) >= 11 is 0. The third-order valence-electron chi connectivity index (χ3n) is 4.21. The number of nitrogens with one attached hydrogen (secondary N) is 1. The first kappa shape index (κ1) is 10.1. The third-order valence-corrected chi connectivity index (χ3v) is 4.21. The molecule has 0 radical (unpaired) electrons. The Labute approximate surface area is 92.8 Å². The molecular formula is C12H23N3. The van der Waals surface area contributed by atoms with Gasteiger partial charge in [-0.1, -0.05) is 19.3 Å². The van der Waals surface area contributed by atoms with Crippen LogP contribution in [0.1, 0.15) is 51.4 Å². The highest BCUT2D eigenvalue weighted by molar-refractivity contribution is 4.87. The zero-order valence-corrected chi connectivity index (χ0v) is 9.62. The van der Waals surface area contributed by atoms with Crippen LogP contribution in [-0.4, -0.2) is 35.3 Å². The Morgan fingerprint density at radius 3 is 2.60 bits per heavy atom. The molecule has 86 valence electrons. The van der Waals surface area contributed by atoms with Crippen LogP contribution in [0.5, 0.6) is 0 Å². The first-order chi connectivity index (χ1) is 7.45. The average Bonchev–Trinajstić information content (AvgIpc) is 2.55. The number of fused-ring (bicyclic) bond motifs is 3. The minimum Gasteiger partial charge on any atom is -0.270 e. The fourth-order valence-corrected chi connectivity index (χ4v) is 3.40. The summed E-state index contributed by atoms with van der Waals surface area (Å²) in [7, 11) is 0. The van der Waals surface area contributed by atoms with Crippen molar-refractivity contribution < 1.29 is 0 Å². The van der Waals surface area contributed by atoms with Crippen molar-refractivity contribution in [2.75, 3.05) is 13.1 Å². The predicted octanol–water partition coefficient (Wildman–Crippen LogP) is 1.91. The Bertz CT molecular complexity index is 219. The molecule has 3 fully saturated rings. The zero-order chi connectivity index (χ0) is 10.1. The van der Waals surface area contributed by atoms with Gasteiger partial charge in [0.1, 0.15) is 0 Å². The van der Waals surface area contributed by atoms with Crippen LogP contribution in [-0.2, 0) is 0 Å². The van der Waals surface area contributed by atoms with Crippen molar-refractivity contribution in [1.82, 2.24) is 15.3 Å². The maximum absolute atomic E-state index is 3.72. The smallest absolute Gasteiger partial charge is 0.0771 e. The maximum Gasteiger partial charge on any atom is 0.0771 e. The zero-order valence-electron chi connectivity index (χ0n) is 9.62. The first-order valence-corrected chi connectivity index (χ1v) is 6.74. The summed E-state index contributed by atoms with van der Waals surface area (Å²) in [6.45, 7) is 2.58. The fraction of sp³-hybridized carbons (Fsp3) is 1.00. The van der Waals surface area contributed by atoms with E-state index in [1.165, 1.54) is 64.5 Å². The van der Waals surface area contributed by atoms with Crippen LogP contribution in [0.15, 0.2) is 0 Å². The lowest BCUT2D eigenvalue weighted by Crippen LogP contribution is -2.44. The molecule has 0 bridgehead atoms. The second kappa shape index (κ2) is 4.40. The fourth-order valence-electron chi connectivity index (χ4n) is 3.40. The molecule has 2 atom stereocenters. The minimum absolute atomic E-state index is 0.661. The number of hydrogen-bond acceptors (Lipinski definition) is 3. The van der Waals surface area contributed by atoms with Gasteiger partial charge in [0.25, 0.3) is 0 Å². The molecule has 1 N–H and O–H groups in total. The van der Waals surface area contributed by atoms with Crippen LogP contribution in [0.2, 0.25) is 0 Å². The van der Waals surface area contributed by atoms with Crippen molar-refractivity contribution in [3.63, 3.8) is 0 Å². The van der Waals surface area contributed by atoms with Crippen molar-refractivity contribution in [2.24, 2.45) is 0 Å². The maximum atomic E-state index is 3.72. The molecule has 3 saturated heterocycles. The summed E-state index contributed by atoms with van der Waals surface area (Å²) in [6, 6.07) is 0. The molecule has 15 heavy (non-hydrogen) atoms. The molecule has 0 spiro atoms. The molecule has 3 heterocycles. The lowest BCUT2D eigenvalue weighted by atomic mass is 10.0. The van der Waals surface area contributed by atoms with Crippen molar-refractivity contribution in [2.45, 2.75) is 63.7 Å². The van der Waals surface area contributed by atoms with Crippen LogP contribution in [0, 0.1) is 0 Å². The molecule has 0 aromatic heterocycles. The highest BCUT2D eigenvalue weighted by Crippen LogP contribution is 2.29. The van der Waals surface area contributed by atoms with Gasteiger partial charge < -0.3 is 0 Å². The summed E-state index contributed by atoms with van der Waals surface area (Å²) < 4.78 is 0. The number of hydrogen-bond donors (Lipinski definition) is 1. The Kier molecular flexibility index (Phi) is 2.95. The van der Waals surface area contributed by atoms with Crippen LogP contribution in [0.3, 0.4) is 0 Å². The molecule has 0 aliphatic carbocycles. The standard InChI is InChI=1S/C12H23N3/c1-2-5-9-14-11(7-3-1)13-15-10-6-4-8-12(14)15/h11-13H,1-10H2. The SMILES string of the molecule is C1CCCN2C(CC1)NN1CCCCC12. The molecule has 3 heteroatoms. The Balaban J connectivity index is 1.71. The van der Waals surface area contributed by atoms with Gasteiger partial charge in [0.2, 0.25) is 0 Å². The molecule has 0 amide bonds. The van der Waals surface area contributed by atoms with Crippen molar-refractivity contribution >= 4 is 0 Å². The Hall–Kier alpha value is -0.120. The van der Waals surface area contributed by atoms with Crippen molar-refractivity contribution in [3.05, 3.63) is 0 Å². The molecule has 0 aromatic rings. The minimum atomic E-state index is 0.661. The van der Waals surface area contributed by atoms with E-state index < -0.39 is 0 Å². The van der Waals surface area contributed by atoms with Crippen LogP contribution < -0.4 is 5.43 Å². The van der Waals surface area contributed by atoms with E-state index in [4.69, 9.17) is 0 Å². The lowest BCUT2D eigenvalue weighted by Gasteiger charge is -2.34. The molecular weight excluding hydrogens is 186 g/mol. The van der Waals surface area contributed by atoms with Crippen LogP contribution in [0.4, 0.5) is 0 Å². The Morgan fingerprint density at radius 2 is 1.60 bits per heavy atom. The lowest BCUT2D eigenvalue weighted by molar-refractivity contribution is 0.0716. The summed E-state index contributed by atoms with van der Waals surface area (Å²) in [5, 5.41) is 2.51. The number of hydrazine groups is 1. The van der Waals surface area contributed by atoms with E-state index in [0.717, 1.165) is 6.17 Å². The summed E-state index contributed by atoms with van der Waals surface area (Å²) in [5.41, 5.74) is 3.72. The molecule has 3 nitrogen and oxygen atoms in total. The van der Waals surface area contributed by atoms with Gasteiger partial charge in [-0.05, 0) is 32.1 Å². The second-order valence-corrected chi connectivity index (χ2v) is 5.26. The van der Waals surface area contributed by atoms with Gasteiger partial charge >= 0.3 is 0 Å². The molecule has 3 aliphatic rings. The highest BCUT2D eigenvalue weighted by Gasteiger charge is 2.39. The van der Waals surface area contributed by atoms with Gasteiger partial charge in [-0.2, -0.15) is 0 Å². The monoisotopic (exact) mass is 209 g/mol. The predicted molar refractivity (Wildman–Crippen MR) is 61.1 cm³/mol. The summed E-state index contributed by atoms with van der Waals surface area (Å²) in [4.78, 5) is 2.73. The molecule has 0 aromatic carbocycles. The molecule has 0 saturated carbocycles. The average molecular weight is 209 g/mol. The Morgan fingerprint density at radius 1 is 0.800 bits per heavy atom. The van der Waals surface area contributed by atoms with Gasteiger partial charge in [0, 0.05) is 13.1 Å². The van der Waals surface area contributed by atoms with E-state index in [-0.39, 0.29) is 0 Å². The largest absolute Gasteiger partial charge is 0.270 e. The van der Waals surface area contributed by atoms with E-state index in [1.807, 2.05) is 0 Å². The van der Waals surface area contributed by atoms with Crippen molar-refractivity contribution in [3.8, 4) is 0 Å². The van der Waals surface area contributed by atoms with Gasteiger partial charge in [-0.15, -0.1) is 0 Å².